The molecule has 0 spiro atoms. The molecule has 1 aliphatic heterocycles. The molecular weight excluding hydrogens is 456 g/mol. The molecule has 0 bridgehead atoms. The van der Waals surface area contributed by atoms with Gasteiger partial charge in [-0.05, 0) is 36.2 Å². The first-order chi connectivity index (χ1) is 17.6. The Morgan fingerprint density at radius 2 is 2.00 bits per heavy atom. The maximum Gasteiger partial charge on any atom is 0.236 e. The van der Waals surface area contributed by atoms with Crippen LogP contribution in [0.1, 0.15) is 24.1 Å². The van der Waals surface area contributed by atoms with Crippen molar-refractivity contribution >= 4 is 17.5 Å². The molecule has 36 heavy (non-hydrogen) atoms. The number of H-pyrrole nitrogens is 1. The van der Waals surface area contributed by atoms with E-state index < -0.39 is 12.0 Å². The van der Waals surface area contributed by atoms with Gasteiger partial charge in [-0.25, -0.2) is 9.67 Å². The molecule has 1 amide bonds. The van der Waals surface area contributed by atoms with E-state index in [2.05, 4.69) is 32.3 Å². The molecule has 4 aromatic rings. The third-order valence-electron chi connectivity index (χ3n) is 5.90. The summed E-state index contributed by atoms with van der Waals surface area (Å²) in [6.45, 7) is 6.93. The summed E-state index contributed by atoms with van der Waals surface area (Å²) in [7, 11) is 0. The van der Waals surface area contributed by atoms with Gasteiger partial charge in [-0.3, -0.25) is 4.79 Å². The monoisotopic (exact) mass is 483 g/mol. The highest BCUT2D eigenvalue weighted by atomic mass is 16.5. The molecular formula is C27H27N6O3+. The average Bonchev–Trinajstić information content (AvgIpc) is 3.36. The number of anilines is 2. The Bertz CT molecular complexity index is 1360. The predicted octanol–water partition coefficient (Wildman–Crippen LogP) is 3.85. The second-order valence-electron chi connectivity index (χ2n) is 8.30. The van der Waals surface area contributed by atoms with E-state index in [1.165, 1.54) is 6.33 Å². The van der Waals surface area contributed by atoms with Crippen molar-refractivity contribution in [3.8, 4) is 11.5 Å². The van der Waals surface area contributed by atoms with Crippen LogP contribution in [0.25, 0.3) is 0 Å². The summed E-state index contributed by atoms with van der Waals surface area (Å²) >= 11 is 0. The van der Waals surface area contributed by atoms with Crippen molar-refractivity contribution in [3.05, 3.63) is 103 Å². The van der Waals surface area contributed by atoms with Gasteiger partial charge in [-0.15, -0.1) is 0 Å². The fraction of sp³-hybridized carbons (Fsp3) is 0.185. The van der Waals surface area contributed by atoms with Crippen molar-refractivity contribution in [3.63, 3.8) is 0 Å². The summed E-state index contributed by atoms with van der Waals surface area (Å²) in [5, 5.41) is 10.5. The van der Waals surface area contributed by atoms with Crippen LogP contribution >= 0.6 is 0 Å². The van der Waals surface area contributed by atoms with Crippen molar-refractivity contribution in [2.75, 3.05) is 17.2 Å². The molecule has 9 nitrogen and oxygen atoms in total. The molecule has 0 radical (unpaired) electrons. The Morgan fingerprint density at radius 1 is 1.14 bits per heavy atom. The zero-order chi connectivity index (χ0) is 24.9. The number of hydrogen-bond acceptors (Lipinski definition) is 6. The highest BCUT2D eigenvalue weighted by Gasteiger charge is 2.40. The van der Waals surface area contributed by atoms with Crippen LogP contribution in [0, 0.1) is 5.92 Å². The van der Waals surface area contributed by atoms with Gasteiger partial charge >= 0.3 is 0 Å². The number of ether oxygens (including phenoxy) is 2. The quantitative estimate of drug-likeness (QED) is 0.395. The van der Waals surface area contributed by atoms with Crippen molar-refractivity contribution in [2.45, 2.75) is 19.6 Å². The van der Waals surface area contributed by atoms with Crippen molar-refractivity contribution in [1.29, 1.82) is 0 Å². The van der Waals surface area contributed by atoms with E-state index in [-0.39, 0.29) is 5.91 Å². The fourth-order valence-corrected chi connectivity index (χ4v) is 4.25. The second-order valence-corrected chi connectivity index (χ2v) is 8.30. The molecule has 5 rings (SSSR count). The molecule has 2 aromatic carbocycles. The summed E-state index contributed by atoms with van der Waals surface area (Å²) < 4.78 is 13.7. The van der Waals surface area contributed by atoms with E-state index in [9.17, 15) is 4.79 Å². The second kappa shape index (κ2) is 10.3. The Morgan fingerprint density at radius 3 is 2.78 bits per heavy atom. The number of pyridine rings is 1. The van der Waals surface area contributed by atoms with Crippen LogP contribution in [0.15, 0.2) is 91.7 Å². The average molecular weight is 484 g/mol. The number of fused-ring (bicyclic) bond motifs is 1. The number of rotatable bonds is 8. The smallest absolute Gasteiger partial charge is 0.236 e. The Labute approximate surface area is 208 Å². The van der Waals surface area contributed by atoms with Gasteiger partial charge in [0.05, 0.1) is 12.6 Å². The van der Waals surface area contributed by atoms with Crippen LogP contribution in [-0.2, 0) is 11.4 Å². The standard InChI is InChI=1S/C27H26N6O3/c1-3-35-23-14-20(11-12-22(23)36-16-19-8-5-4-6-9-19)25-24(18(2)31-27-29-17-30-33(25)27)26(34)32-21-10-7-13-28-15-21/h4-15,17,24-25H,2-3,16H2,1H3,(H,32,34)(H,29,30,31)/p+1. The molecule has 3 N–H and O–H groups in total. The topological polar surface area (TPSA) is 104 Å². The third kappa shape index (κ3) is 4.76. The van der Waals surface area contributed by atoms with Crippen LogP contribution in [-0.4, -0.2) is 27.3 Å². The lowest BCUT2D eigenvalue weighted by molar-refractivity contribution is -0.377. The largest absolute Gasteiger partial charge is 0.490 e. The predicted molar refractivity (Wildman–Crippen MR) is 134 cm³/mol. The van der Waals surface area contributed by atoms with Gasteiger partial charge in [-0.1, -0.05) is 43.0 Å². The number of aromatic amines is 1. The van der Waals surface area contributed by atoms with Gasteiger partial charge in [0.25, 0.3) is 0 Å². The van der Waals surface area contributed by atoms with Gasteiger partial charge in [0.15, 0.2) is 23.9 Å². The number of amides is 1. The minimum absolute atomic E-state index is 0.222. The minimum Gasteiger partial charge on any atom is -0.490 e. The van der Waals surface area contributed by atoms with Gasteiger partial charge in [0, 0.05) is 11.8 Å². The van der Waals surface area contributed by atoms with E-state index in [0.29, 0.717) is 42.0 Å². The van der Waals surface area contributed by atoms with Crippen molar-refractivity contribution in [2.24, 2.45) is 5.92 Å². The summed E-state index contributed by atoms with van der Waals surface area (Å²) in [6, 6.07) is 18.8. The molecule has 9 heteroatoms. The van der Waals surface area contributed by atoms with E-state index in [1.54, 1.807) is 17.1 Å². The SMILES string of the molecule is C=C1Nc2ncnn2C(c2ccc(OCc3ccccc3)c(OCC)c2)C1C(=O)Nc1ccc[nH+]c1. The first-order valence-electron chi connectivity index (χ1n) is 11.7. The number of nitrogens with zero attached hydrogens (tertiary/aromatic N) is 3. The maximum atomic E-state index is 13.5. The van der Waals surface area contributed by atoms with Crippen LogP contribution < -0.4 is 25.1 Å². The highest BCUT2D eigenvalue weighted by Crippen LogP contribution is 2.40. The molecule has 3 heterocycles. The van der Waals surface area contributed by atoms with Gasteiger partial charge in [-0.2, -0.15) is 10.1 Å². The minimum atomic E-state index is -0.662. The Balaban J connectivity index is 1.48. The van der Waals surface area contributed by atoms with Crippen LogP contribution in [0.4, 0.5) is 11.6 Å². The molecule has 182 valence electrons. The molecule has 2 unspecified atom stereocenters. The lowest BCUT2D eigenvalue weighted by Gasteiger charge is -2.34. The lowest BCUT2D eigenvalue weighted by atomic mass is 9.88. The maximum absolute atomic E-state index is 13.5. The third-order valence-corrected chi connectivity index (χ3v) is 5.90. The fourth-order valence-electron chi connectivity index (χ4n) is 4.25. The number of hydrogen-bond donors (Lipinski definition) is 2. The molecule has 0 fully saturated rings. The van der Waals surface area contributed by atoms with E-state index in [1.807, 2.05) is 67.6 Å². The van der Waals surface area contributed by atoms with Gasteiger partial charge in [0.2, 0.25) is 11.9 Å². The highest BCUT2D eigenvalue weighted by molar-refractivity contribution is 5.95. The van der Waals surface area contributed by atoms with Crippen LogP contribution in [0.3, 0.4) is 0 Å². The van der Waals surface area contributed by atoms with Crippen molar-refractivity contribution in [1.82, 2.24) is 14.8 Å². The van der Waals surface area contributed by atoms with Gasteiger partial charge < -0.3 is 20.1 Å². The van der Waals surface area contributed by atoms with E-state index in [4.69, 9.17) is 9.47 Å². The zero-order valence-electron chi connectivity index (χ0n) is 19.8. The molecule has 2 atom stereocenters. The van der Waals surface area contributed by atoms with Crippen LogP contribution in [0.2, 0.25) is 0 Å². The van der Waals surface area contributed by atoms with E-state index in [0.717, 1.165) is 11.1 Å². The molecule has 0 saturated carbocycles. The first-order valence-corrected chi connectivity index (χ1v) is 11.7. The molecule has 2 aromatic heterocycles. The summed E-state index contributed by atoms with van der Waals surface area (Å²) in [5.74, 6) is 0.848. The summed E-state index contributed by atoms with van der Waals surface area (Å²) in [4.78, 5) is 20.7. The number of carbonyl (C=O) groups is 1. The number of benzene rings is 2. The molecule has 0 aliphatic carbocycles. The first kappa shape index (κ1) is 23.1. The molecule has 0 saturated heterocycles. The van der Waals surface area contributed by atoms with E-state index >= 15 is 0 Å². The summed E-state index contributed by atoms with van der Waals surface area (Å²) in [6.07, 6.45) is 4.95. The normalized spacial score (nSPS) is 16.5. The number of aromatic nitrogens is 4. The lowest BCUT2D eigenvalue weighted by Crippen LogP contribution is -2.39. The van der Waals surface area contributed by atoms with Gasteiger partial charge in [0.1, 0.15) is 24.5 Å². The summed E-state index contributed by atoms with van der Waals surface area (Å²) in [5.41, 5.74) is 3.05. The number of carbonyl (C=O) groups excluding carboxylic acids is 1. The van der Waals surface area contributed by atoms with Crippen molar-refractivity contribution < 1.29 is 19.3 Å². The number of nitrogens with one attached hydrogen (secondary N) is 3. The Kier molecular flexibility index (Phi) is 6.61. The van der Waals surface area contributed by atoms with Crippen LogP contribution in [0.5, 0.6) is 11.5 Å². The Hall–Kier alpha value is -4.66. The molecule has 1 aliphatic rings. The zero-order valence-corrected chi connectivity index (χ0v) is 19.8.